The zero-order valence-corrected chi connectivity index (χ0v) is 25.2. The minimum Gasteiger partial charge on any atom is -0.0888 e. The predicted octanol–water partition coefficient (Wildman–Crippen LogP) is 11.6. The summed E-state index contributed by atoms with van der Waals surface area (Å²) in [6.45, 7) is 18.3. The van der Waals surface area contributed by atoms with E-state index in [1.807, 2.05) is 11.8 Å². The summed E-state index contributed by atoms with van der Waals surface area (Å²) >= 11 is 1.94. The molecule has 0 N–H and O–H groups in total. The first-order chi connectivity index (χ1) is 18.4. The maximum atomic E-state index is 2.46. The molecule has 0 spiro atoms. The highest BCUT2D eigenvalue weighted by Gasteiger charge is 2.26. The molecule has 6 aromatic rings. The van der Waals surface area contributed by atoms with Gasteiger partial charge in [0.2, 0.25) is 0 Å². The van der Waals surface area contributed by atoms with Crippen LogP contribution in [0.5, 0.6) is 0 Å². The van der Waals surface area contributed by atoms with Crippen LogP contribution in [0.1, 0.15) is 63.8 Å². The standard InChI is InChI=1S/C38H36S/c1-21-9-10-23-19-30-28-15-13-26(38(6,7)8)20-32(28)39-31-16-11-24-18-29(33(21)34(23)35(24)36(30)31)27-14-12-25(17-22(27)2)37(3,4)5/h9-20H,1-8H3. The molecule has 194 valence electrons. The van der Waals surface area contributed by atoms with Gasteiger partial charge in [-0.15, -0.1) is 0 Å². The molecular weight excluding hydrogens is 488 g/mol. The lowest BCUT2D eigenvalue weighted by Crippen LogP contribution is -2.11. The topological polar surface area (TPSA) is 0 Å². The summed E-state index contributed by atoms with van der Waals surface area (Å²) in [4.78, 5) is 2.75. The second-order valence-electron chi connectivity index (χ2n) is 13.6. The molecule has 1 heterocycles. The van der Waals surface area contributed by atoms with Crippen molar-refractivity contribution in [1.82, 2.24) is 0 Å². The molecular formula is C38H36S. The molecule has 0 saturated carbocycles. The number of fused-ring (bicyclic) bond motifs is 2. The van der Waals surface area contributed by atoms with Crippen molar-refractivity contribution >= 4 is 44.1 Å². The Morgan fingerprint density at radius 3 is 1.64 bits per heavy atom. The van der Waals surface area contributed by atoms with Gasteiger partial charge >= 0.3 is 0 Å². The van der Waals surface area contributed by atoms with Crippen LogP contribution in [0.4, 0.5) is 0 Å². The summed E-state index contributed by atoms with van der Waals surface area (Å²) in [6, 6.07) is 28.5. The minimum absolute atomic E-state index is 0.135. The third kappa shape index (κ3) is 3.66. The molecule has 0 amide bonds. The van der Waals surface area contributed by atoms with Crippen LogP contribution >= 0.6 is 11.8 Å². The summed E-state index contributed by atoms with van der Waals surface area (Å²) in [5.41, 5.74) is 11.2. The molecule has 0 fully saturated rings. The highest BCUT2D eigenvalue weighted by atomic mass is 32.2. The first-order valence-electron chi connectivity index (χ1n) is 14.1. The van der Waals surface area contributed by atoms with Crippen LogP contribution in [0.2, 0.25) is 0 Å². The van der Waals surface area contributed by atoms with Crippen molar-refractivity contribution in [3.8, 4) is 22.3 Å². The van der Waals surface area contributed by atoms with E-state index in [1.165, 1.54) is 86.6 Å². The van der Waals surface area contributed by atoms with E-state index in [0.29, 0.717) is 0 Å². The van der Waals surface area contributed by atoms with Gasteiger partial charge in [0.15, 0.2) is 0 Å². The number of aryl methyl sites for hydroxylation is 2. The van der Waals surface area contributed by atoms with E-state index >= 15 is 0 Å². The van der Waals surface area contributed by atoms with Gasteiger partial charge in [-0.1, -0.05) is 102 Å². The fourth-order valence-electron chi connectivity index (χ4n) is 6.53. The van der Waals surface area contributed by atoms with Crippen molar-refractivity contribution < 1.29 is 0 Å². The lowest BCUT2D eigenvalue weighted by atomic mass is 9.81. The fraction of sp³-hybridized carbons (Fsp3) is 0.263. The molecule has 0 bridgehead atoms. The van der Waals surface area contributed by atoms with Crippen LogP contribution < -0.4 is 0 Å². The Labute approximate surface area is 236 Å². The van der Waals surface area contributed by atoms with Gasteiger partial charge in [0.05, 0.1) is 0 Å². The average Bonchev–Trinajstić information content (AvgIpc) is 2.88. The van der Waals surface area contributed by atoms with Crippen molar-refractivity contribution in [2.75, 3.05) is 0 Å². The van der Waals surface area contributed by atoms with Crippen molar-refractivity contribution in [2.24, 2.45) is 0 Å². The zero-order valence-electron chi connectivity index (χ0n) is 24.3. The lowest BCUT2D eigenvalue weighted by molar-refractivity contribution is 0.589. The van der Waals surface area contributed by atoms with Gasteiger partial charge < -0.3 is 0 Å². The fourth-order valence-corrected chi connectivity index (χ4v) is 7.69. The summed E-state index contributed by atoms with van der Waals surface area (Å²) in [6.07, 6.45) is 0. The smallest absolute Gasteiger partial charge is 0.0207 e. The third-order valence-corrected chi connectivity index (χ3v) is 9.89. The average molecular weight is 525 g/mol. The largest absolute Gasteiger partial charge is 0.0888 e. The van der Waals surface area contributed by atoms with E-state index in [1.54, 1.807) is 0 Å². The molecule has 0 aromatic heterocycles. The summed E-state index contributed by atoms with van der Waals surface area (Å²) in [5, 5.41) is 8.33. The van der Waals surface area contributed by atoms with Gasteiger partial charge in [-0.25, -0.2) is 0 Å². The first-order valence-corrected chi connectivity index (χ1v) is 14.9. The Kier molecular flexibility index (Phi) is 5.15. The molecule has 39 heavy (non-hydrogen) atoms. The highest BCUT2D eigenvalue weighted by Crippen LogP contribution is 2.53. The maximum Gasteiger partial charge on any atom is 0.0207 e. The first kappa shape index (κ1) is 24.7. The summed E-state index contributed by atoms with van der Waals surface area (Å²) in [5.74, 6) is 0. The molecule has 7 rings (SSSR count). The van der Waals surface area contributed by atoms with Crippen LogP contribution in [-0.2, 0) is 10.8 Å². The van der Waals surface area contributed by atoms with E-state index in [2.05, 4.69) is 128 Å². The van der Waals surface area contributed by atoms with E-state index in [0.717, 1.165) is 0 Å². The molecule has 6 aromatic carbocycles. The second kappa shape index (κ2) is 8.12. The van der Waals surface area contributed by atoms with E-state index in [4.69, 9.17) is 0 Å². The van der Waals surface area contributed by atoms with Crippen molar-refractivity contribution in [2.45, 2.75) is 76.0 Å². The van der Waals surface area contributed by atoms with Gasteiger partial charge in [-0.3, -0.25) is 0 Å². The molecule has 0 aliphatic carbocycles. The van der Waals surface area contributed by atoms with E-state index in [9.17, 15) is 0 Å². The van der Waals surface area contributed by atoms with Crippen LogP contribution in [0.15, 0.2) is 82.6 Å². The van der Waals surface area contributed by atoms with Crippen LogP contribution in [0.3, 0.4) is 0 Å². The molecule has 1 aliphatic heterocycles. The minimum atomic E-state index is 0.135. The number of hydrogen-bond acceptors (Lipinski definition) is 1. The Morgan fingerprint density at radius 2 is 1.00 bits per heavy atom. The summed E-state index contributed by atoms with van der Waals surface area (Å²) in [7, 11) is 0. The Hall–Kier alpha value is -3.29. The SMILES string of the molecule is Cc1cc(C(C)(C)C)ccc1-c1cc2ccc3c4c(cc5ccc(C)c1c5c24)-c1ccc(C(C)(C)C)cc1S3. The monoisotopic (exact) mass is 524 g/mol. The molecule has 0 nitrogen and oxygen atoms in total. The van der Waals surface area contributed by atoms with Gasteiger partial charge in [0.1, 0.15) is 0 Å². The quantitative estimate of drug-likeness (QED) is 0.192. The number of hydrogen-bond donors (Lipinski definition) is 0. The molecule has 0 saturated heterocycles. The molecule has 0 radical (unpaired) electrons. The normalized spacial score (nSPS) is 13.5. The van der Waals surface area contributed by atoms with Gasteiger partial charge in [0, 0.05) is 15.2 Å². The van der Waals surface area contributed by atoms with Crippen LogP contribution in [0, 0.1) is 13.8 Å². The number of benzene rings is 6. The van der Waals surface area contributed by atoms with Crippen molar-refractivity contribution in [1.29, 1.82) is 0 Å². The molecule has 1 heteroatoms. The zero-order chi connectivity index (χ0) is 27.4. The third-order valence-electron chi connectivity index (χ3n) is 8.77. The second-order valence-corrected chi connectivity index (χ2v) is 14.7. The maximum absolute atomic E-state index is 2.46. The predicted molar refractivity (Wildman–Crippen MR) is 172 cm³/mol. The highest BCUT2D eigenvalue weighted by molar-refractivity contribution is 7.99. The van der Waals surface area contributed by atoms with Gasteiger partial charge in [0.25, 0.3) is 0 Å². The van der Waals surface area contributed by atoms with E-state index in [-0.39, 0.29) is 10.8 Å². The Bertz CT molecular complexity index is 1960. The van der Waals surface area contributed by atoms with Crippen molar-refractivity contribution in [3.63, 3.8) is 0 Å². The molecule has 1 aliphatic rings. The van der Waals surface area contributed by atoms with Gasteiger partial charge in [-0.05, 0) is 120 Å². The molecule has 0 unspecified atom stereocenters. The lowest BCUT2D eigenvalue weighted by Gasteiger charge is -2.27. The van der Waals surface area contributed by atoms with Crippen LogP contribution in [-0.4, -0.2) is 0 Å². The molecule has 0 atom stereocenters. The Morgan fingerprint density at radius 1 is 0.436 bits per heavy atom. The van der Waals surface area contributed by atoms with Crippen molar-refractivity contribution in [3.05, 3.63) is 95.1 Å². The van der Waals surface area contributed by atoms with E-state index < -0.39 is 0 Å². The Balaban J connectivity index is 1.56. The van der Waals surface area contributed by atoms with Crippen LogP contribution in [0.25, 0.3) is 54.6 Å². The summed E-state index contributed by atoms with van der Waals surface area (Å²) < 4.78 is 0. The van der Waals surface area contributed by atoms with Gasteiger partial charge in [-0.2, -0.15) is 0 Å². The number of rotatable bonds is 1.